The first-order chi connectivity index (χ1) is 17.2. The van der Waals surface area contributed by atoms with Gasteiger partial charge in [-0.1, -0.05) is 48.0 Å². The van der Waals surface area contributed by atoms with Crippen molar-refractivity contribution in [3.8, 4) is 11.5 Å². The van der Waals surface area contributed by atoms with Gasteiger partial charge in [-0.25, -0.2) is 0 Å². The summed E-state index contributed by atoms with van der Waals surface area (Å²) in [5.41, 5.74) is 4.60. The van der Waals surface area contributed by atoms with Crippen molar-refractivity contribution >= 4 is 34.6 Å². The molecule has 0 spiro atoms. The van der Waals surface area contributed by atoms with E-state index in [0.29, 0.717) is 23.2 Å². The number of fused-ring (bicyclic) bond motifs is 4. The molecule has 3 aromatic carbocycles. The lowest BCUT2D eigenvalue weighted by Crippen LogP contribution is -2.72. The number of nitrogens with one attached hydrogen (secondary N) is 2. The normalized spacial score (nSPS) is 22.2. The Morgan fingerprint density at radius 3 is 2.61 bits per heavy atom. The third-order valence-corrected chi connectivity index (χ3v) is 7.37. The number of carbonyl (C=O) groups is 1. The van der Waals surface area contributed by atoms with Crippen LogP contribution in [0.2, 0.25) is 0 Å². The number of para-hydroxylation sites is 2. The van der Waals surface area contributed by atoms with E-state index < -0.39 is 17.7 Å². The Hall–Kier alpha value is -3.58. The summed E-state index contributed by atoms with van der Waals surface area (Å²) in [5, 5.41) is 7.16. The number of amides is 1. The Kier molecular flexibility index (Phi) is 6.12. The molecule has 0 saturated carbocycles. The minimum Gasteiger partial charge on any atom is -0.490 e. The minimum atomic E-state index is -1.11. The zero-order valence-electron chi connectivity index (χ0n) is 21.2. The van der Waals surface area contributed by atoms with Crippen LogP contribution in [0.15, 0.2) is 60.7 Å². The molecule has 0 aliphatic carbocycles. The fourth-order valence-corrected chi connectivity index (χ4v) is 5.79. The first kappa shape index (κ1) is 24.1. The van der Waals surface area contributed by atoms with Crippen molar-refractivity contribution in [1.82, 2.24) is 5.32 Å². The zero-order chi connectivity index (χ0) is 25.6. The van der Waals surface area contributed by atoms with E-state index >= 15 is 0 Å². The van der Waals surface area contributed by atoms with Crippen molar-refractivity contribution in [3.63, 3.8) is 0 Å². The fourth-order valence-electron chi connectivity index (χ4n) is 5.38. The van der Waals surface area contributed by atoms with E-state index in [1.54, 1.807) is 0 Å². The quantitative estimate of drug-likeness (QED) is 0.430. The first-order valence-electron chi connectivity index (χ1n) is 12.2. The highest BCUT2D eigenvalue weighted by molar-refractivity contribution is 7.80. The Bertz CT molecular complexity index is 1360. The largest absolute Gasteiger partial charge is 0.490 e. The summed E-state index contributed by atoms with van der Waals surface area (Å²) in [6.45, 7) is 10.5. The first-order valence-corrected chi connectivity index (χ1v) is 12.6. The second-order valence-corrected chi connectivity index (χ2v) is 9.99. The van der Waals surface area contributed by atoms with E-state index in [4.69, 9.17) is 21.7 Å². The third-order valence-electron chi connectivity index (χ3n) is 7.07. The van der Waals surface area contributed by atoms with E-state index in [9.17, 15) is 4.79 Å². The number of hydrogen-bond acceptors (Lipinski definition) is 4. The topological polar surface area (TPSA) is 62.8 Å². The maximum Gasteiger partial charge on any atom is 0.236 e. The van der Waals surface area contributed by atoms with Crippen LogP contribution in [0.1, 0.15) is 42.1 Å². The number of aryl methyl sites for hydroxylation is 3. The van der Waals surface area contributed by atoms with Gasteiger partial charge >= 0.3 is 0 Å². The third kappa shape index (κ3) is 3.88. The Balaban J connectivity index is 1.66. The van der Waals surface area contributed by atoms with Crippen molar-refractivity contribution in [2.75, 3.05) is 16.8 Å². The van der Waals surface area contributed by atoms with Crippen molar-refractivity contribution in [2.24, 2.45) is 5.92 Å². The summed E-state index contributed by atoms with van der Waals surface area (Å²) in [6, 6.07) is 19.4. The van der Waals surface area contributed by atoms with Crippen molar-refractivity contribution < 1.29 is 14.3 Å². The SMILES string of the molecule is CCOc1cccc2c1OC1(C)C(C(=O)Nc3ccc(C)cc3C)C2NC(=S)N1c1ccccc1C. The van der Waals surface area contributed by atoms with Crippen molar-refractivity contribution in [2.45, 2.75) is 46.4 Å². The lowest BCUT2D eigenvalue weighted by molar-refractivity contribution is -0.130. The van der Waals surface area contributed by atoms with Crippen molar-refractivity contribution in [1.29, 1.82) is 0 Å². The van der Waals surface area contributed by atoms with Crippen LogP contribution in [0.4, 0.5) is 11.4 Å². The van der Waals surface area contributed by atoms with Crippen LogP contribution < -0.4 is 25.0 Å². The standard InChI is InChI=1S/C29H31N3O3S/c1-6-34-23-13-9-11-20-25-24(27(33)30-21-15-14-17(2)16-19(21)4)29(5,35-26(20)23)32(28(36)31-25)22-12-8-7-10-18(22)3/h7-16,24-25H,6H2,1-5H3,(H,30,33)(H,31,36). The van der Waals surface area contributed by atoms with Crippen LogP contribution in [-0.2, 0) is 4.79 Å². The number of hydrogen-bond donors (Lipinski definition) is 2. The summed E-state index contributed by atoms with van der Waals surface area (Å²) in [6.07, 6.45) is 0. The van der Waals surface area contributed by atoms with Gasteiger partial charge in [0.05, 0.1) is 12.6 Å². The van der Waals surface area contributed by atoms with Crippen LogP contribution in [0.3, 0.4) is 0 Å². The van der Waals surface area contributed by atoms with Crippen LogP contribution in [0.5, 0.6) is 11.5 Å². The van der Waals surface area contributed by atoms with E-state index in [1.165, 1.54) is 0 Å². The van der Waals surface area contributed by atoms with Gasteiger partial charge < -0.3 is 20.1 Å². The number of anilines is 2. The number of carbonyl (C=O) groups excluding carboxylic acids is 1. The second kappa shape index (κ2) is 9.13. The summed E-state index contributed by atoms with van der Waals surface area (Å²) in [7, 11) is 0. The monoisotopic (exact) mass is 501 g/mol. The molecule has 2 aliphatic heterocycles. The predicted octanol–water partition coefficient (Wildman–Crippen LogP) is 5.81. The smallest absolute Gasteiger partial charge is 0.236 e. The molecule has 1 saturated heterocycles. The number of benzene rings is 3. The number of nitrogens with zero attached hydrogens (tertiary/aromatic N) is 1. The average molecular weight is 502 g/mol. The number of rotatable bonds is 5. The Morgan fingerprint density at radius 1 is 1.11 bits per heavy atom. The van der Waals surface area contributed by atoms with Crippen LogP contribution in [0.25, 0.3) is 0 Å². The molecule has 3 unspecified atom stereocenters. The van der Waals surface area contributed by atoms with E-state index in [2.05, 4.69) is 16.7 Å². The Labute approximate surface area is 217 Å². The van der Waals surface area contributed by atoms with Gasteiger partial charge in [0.15, 0.2) is 22.3 Å². The van der Waals surface area contributed by atoms with Gasteiger partial charge in [-0.2, -0.15) is 0 Å². The van der Waals surface area contributed by atoms with Crippen molar-refractivity contribution in [3.05, 3.63) is 82.9 Å². The molecule has 5 rings (SSSR count). The molecule has 0 aromatic heterocycles. The number of ether oxygens (including phenoxy) is 2. The van der Waals surface area contributed by atoms with E-state index in [-0.39, 0.29) is 5.91 Å². The second-order valence-electron chi connectivity index (χ2n) is 9.60. The molecule has 0 radical (unpaired) electrons. The van der Waals surface area contributed by atoms with Crippen LogP contribution in [-0.4, -0.2) is 23.4 Å². The van der Waals surface area contributed by atoms with E-state index in [1.807, 2.05) is 94.1 Å². The highest BCUT2D eigenvalue weighted by atomic mass is 32.1. The molecule has 2 bridgehead atoms. The van der Waals surface area contributed by atoms with Gasteiger partial charge in [0.2, 0.25) is 5.91 Å². The van der Waals surface area contributed by atoms with Crippen LogP contribution >= 0.6 is 12.2 Å². The molecular formula is C29H31N3O3S. The average Bonchev–Trinajstić information content (AvgIpc) is 2.82. The molecule has 3 aromatic rings. The summed E-state index contributed by atoms with van der Waals surface area (Å²) in [4.78, 5) is 16.0. The molecule has 36 heavy (non-hydrogen) atoms. The minimum absolute atomic E-state index is 0.143. The molecule has 2 N–H and O–H groups in total. The summed E-state index contributed by atoms with van der Waals surface area (Å²) in [5.74, 6) is 0.527. The van der Waals surface area contributed by atoms with Gasteiger partial charge in [-0.3, -0.25) is 9.69 Å². The van der Waals surface area contributed by atoms with Gasteiger partial charge in [-0.05, 0) is 76.2 Å². The highest BCUT2D eigenvalue weighted by Crippen LogP contribution is 2.53. The molecule has 6 nitrogen and oxygen atoms in total. The van der Waals surface area contributed by atoms with Gasteiger partial charge in [0.1, 0.15) is 5.92 Å². The molecule has 2 heterocycles. The van der Waals surface area contributed by atoms with Gasteiger partial charge in [-0.15, -0.1) is 0 Å². The lowest BCUT2D eigenvalue weighted by atomic mass is 9.78. The maximum absolute atomic E-state index is 14.1. The lowest BCUT2D eigenvalue weighted by Gasteiger charge is -2.56. The van der Waals surface area contributed by atoms with Gasteiger partial charge in [0.25, 0.3) is 0 Å². The molecule has 186 valence electrons. The predicted molar refractivity (Wildman–Crippen MR) is 147 cm³/mol. The zero-order valence-corrected chi connectivity index (χ0v) is 22.0. The molecule has 7 heteroatoms. The maximum atomic E-state index is 14.1. The number of thiocarbonyl (C=S) groups is 1. The van der Waals surface area contributed by atoms with Gasteiger partial charge in [0, 0.05) is 16.9 Å². The molecule has 1 amide bonds. The highest BCUT2D eigenvalue weighted by Gasteiger charge is 2.59. The summed E-state index contributed by atoms with van der Waals surface area (Å²) >= 11 is 5.88. The molecule has 3 atom stereocenters. The van der Waals surface area contributed by atoms with Crippen LogP contribution in [0, 0.1) is 26.7 Å². The fraction of sp³-hybridized carbons (Fsp3) is 0.310. The Morgan fingerprint density at radius 2 is 1.89 bits per heavy atom. The molecule has 2 aliphatic rings. The van der Waals surface area contributed by atoms with E-state index in [0.717, 1.165) is 33.6 Å². The molecular weight excluding hydrogens is 470 g/mol. The molecule has 1 fully saturated rings. The summed E-state index contributed by atoms with van der Waals surface area (Å²) < 4.78 is 12.7.